The van der Waals surface area contributed by atoms with Crippen LogP contribution in [0.1, 0.15) is 12.6 Å². The van der Waals surface area contributed by atoms with E-state index >= 15 is 0 Å². The van der Waals surface area contributed by atoms with Gasteiger partial charge in [-0.2, -0.15) is 4.98 Å². The minimum absolute atomic E-state index is 0.131. The third kappa shape index (κ3) is 1.93. The number of methoxy groups -OCH3 is 1. The van der Waals surface area contributed by atoms with Crippen molar-refractivity contribution >= 4 is 11.2 Å². The second kappa shape index (κ2) is 4.72. The molecule has 0 amide bonds. The quantitative estimate of drug-likeness (QED) is 0.770. The van der Waals surface area contributed by atoms with E-state index in [2.05, 4.69) is 15.0 Å². The number of aromatic nitrogens is 4. The summed E-state index contributed by atoms with van der Waals surface area (Å²) in [7, 11) is 1.50. The minimum atomic E-state index is -0.723. The van der Waals surface area contributed by atoms with Crippen LogP contribution in [0.3, 0.4) is 0 Å². The number of imidazole rings is 1. The highest BCUT2D eigenvalue weighted by atomic mass is 16.5. The van der Waals surface area contributed by atoms with Crippen molar-refractivity contribution in [2.24, 2.45) is 0 Å². The van der Waals surface area contributed by atoms with Crippen LogP contribution in [0.15, 0.2) is 12.7 Å². The van der Waals surface area contributed by atoms with Crippen LogP contribution < -0.4 is 4.74 Å². The summed E-state index contributed by atoms with van der Waals surface area (Å²) in [5.74, 6) is 0.366. The monoisotopic (exact) mass is 266 g/mol. The van der Waals surface area contributed by atoms with Crippen molar-refractivity contribution in [2.45, 2.75) is 24.9 Å². The van der Waals surface area contributed by atoms with E-state index in [9.17, 15) is 5.11 Å². The summed E-state index contributed by atoms with van der Waals surface area (Å²) < 4.78 is 12.4. The molecule has 0 bridgehead atoms. The molecule has 3 rings (SSSR count). The van der Waals surface area contributed by atoms with Crippen LogP contribution in [0.25, 0.3) is 11.2 Å². The van der Waals surface area contributed by atoms with Crippen molar-refractivity contribution in [3.8, 4) is 5.88 Å². The Kier molecular flexibility index (Phi) is 3.05. The first-order valence-corrected chi connectivity index (χ1v) is 5.90. The second-order valence-corrected chi connectivity index (χ2v) is 4.34. The number of nitrogens with zero attached hydrogens (tertiary/aromatic N) is 4. The van der Waals surface area contributed by atoms with Gasteiger partial charge in [0.05, 0.1) is 19.8 Å². The van der Waals surface area contributed by atoms with Crippen LogP contribution in [0.4, 0.5) is 0 Å². The summed E-state index contributed by atoms with van der Waals surface area (Å²) in [5, 5.41) is 19.1. The van der Waals surface area contributed by atoms with E-state index in [0.29, 0.717) is 23.5 Å². The predicted molar refractivity (Wildman–Crippen MR) is 63.5 cm³/mol. The Labute approximate surface area is 108 Å². The van der Waals surface area contributed by atoms with E-state index in [1.54, 1.807) is 4.57 Å². The molecule has 0 aromatic carbocycles. The maximum absolute atomic E-state index is 10.0. The Morgan fingerprint density at radius 1 is 1.47 bits per heavy atom. The summed E-state index contributed by atoms with van der Waals surface area (Å²) in [6.07, 6.45) is 1.53. The van der Waals surface area contributed by atoms with Gasteiger partial charge < -0.3 is 19.7 Å². The van der Waals surface area contributed by atoms with E-state index in [4.69, 9.17) is 14.6 Å². The maximum atomic E-state index is 10.0. The zero-order valence-electron chi connectivity index (χ0n) is 10.3. The van der Waals surface area contributed by atoms with Gasteiger partial charge in [-0.05, 0) is 0 Å². The lowest BCUT2D eigenvalue weighted by Gasteiger charge is -2.17. The second-order valence-electron chi connectivity index (χ2n) is 4.34. The average Bonchev–Trinajstić information content (AvgIpc) is 3.01. The lowest BCUT2D eigenvalue weighted by atomic mass is 10.2. The molecule has 0 aliphatic carbocycles. The zero-order valence-corrected chi connectivity index (χ0v) is 10.3. The van der Waals surface area contributed by atoms with Gasteiger partial charge in [0, 0.05) is 6.42 Å². The lowest BCUT2D eigenvalue weighted by molar-refractivity contribution is -0.0485. The van der Waals surface area contributed by atoms with Gasteiger partial charge in [-0.25, -0.2) is 9.97 Å². The molecule has 8 nitrogen and oxygen atoms in total. The molecule has 1 aliphatic rings. The van der Waals surface area contributed by atoms with E-state index in [1.807, 2.05) is 0 Å². The fourth-order valence-electron chi connectivity index (χ4n) is 2.29. The number of hydrogen-bond donors (Lipinski definition) is 2. The number of rotatable bonds is 3. The van der Waals surface area contributed by atoms with Crippen molar-refractivity contribution < 1.29 is 19.7 Å². The molecular weight excluding hydrogens is 252 g/mol. The van der Waals surface area contributed by atoms with E-state index in [0.717, 1.165) is 0 Å². The van der Waals surface area contributed by atoms with Crippen molar-refractivity contribution in [1.82, 2.24) is 19.5 Å². The fourth-order valence-corrected chi connectivity index (χ4v) is 2.29. The smallest absolute Gasteiger partial charge is 0.243 e. The average molecular weight is 266 g/mol. The first-order chi connectivity index (χ1) is 9.24. The molecule has 1 fully saturated rings. The molecule has 0 saturated carbocycles. The number of aliphatic hydroxyl groups is 2. The summed E-state index contributed by atoms with van der Waals surface area (Å²) in [6.45, 7) is -0.131. The Morgan fingerprint density at radius 2 is 2.32 bits per heavy atom. The van der Waals surface area contributed by atoms with Crippen LogP contribution in [0, 0.1) is 0 Å². The molecule has 102 valence electrons. The summed E-state index contributed by atoms with van der Waals surface area (Å²) >= 11 is 0. The highest BCUT2D eigenvalue weighted by Crippen LogP contribution is 2.32. The fraction of sp³-hybridized carbons (Fsp3) is 0.545. The lowest BCUT2D eigenvalue weighted by Crippen LogP contribution is -2.19. The first-order valence-electron chi connectivity index (χ1n) is 5.90. The molecular formula is C11H14N4O4. The van der Waals surface area contributed by atoms with Crippen molar-refractivity contribution in [2.75, 3.05) is 13.7 Å². The van der Waals surface area contributed by atoms with Gasteiger partial charge in [-0.15, -0.1) is 0 Å². The number of aliphatic hydroxyl groups excluding tert-OH is 2. The Bertz CT molecular complexity index is 587. The largest absolute Gasteiger partial charge is 0.479 e. The van der Waals surface area contributed by atoms with Crippen LogP contribution in [-0.4, -0.2) is 55.7 Å². The van der Waals surface area contributed by atoms with E-state index in [-0.39, 0.29) is 12.7 Å². The van der Waals surface area contributed by atoms with Crippen molar-refractivity contribution in [3.63, 3.8) is 0 Å². The van der Waals surface area contributed by atoms with Crippen LogP contribution in [0.2, 0.25) is 0 Å². The SMILES string of the molecule is COc1ncnc2ncn(C3O[C@H](CO)CC3O)c12. The molecule has 3 atom stereocenters. The van der Waals surface area contributed by atoms with Crippen LogP contribution >= 0.6 is 0 Å². The topological polar surface area (TPSA) is 103 Å². The minimum Gasteiger partial charge on any atom is -0.479 e. The molecule has 19 heavy (non-hydrogen) atoms. The molecule has 2 unspecified atom stereocenters. The summed E-state index contributed by atoms with van der Waals surface area (Å²) in [6, 6.07) is 0. The van der Waals surface area contributed by atoms with Crippen LogP contribution in [-0.2, 0) is 4.74 Å². The number of ether oxygens (including phenoxy) is 2. The van der Waals surface area contributed by atoms with Crippen LogP contribution in [0.5, 0.6) is 5.88 Å². The maximum Gasteiger partial charge on any atom is 0.243 e. The molecule has 2 aromatic rings. The van der Waals surface area contributed by atoms with Gasteiger partial charge in [0.15, 0.2) is 17.4 Å². The molecule has 1 aliphatic heterocycles. The van der Waals surface area contributed by atoms with Gasteiger partial charge in [0.1, 0.15) is 18.8 Å². The zero-order chi connectivity index (χ0) is 13.4. The van der Waals surface area contributed by atoms with Gasteiger partial charge >= 0.3 is 0 Å². The molecule has 8 heteroatoms. The standard InChI is InChI=1S/C11H14N4O4/c1-18-10-8-9(12-4-13-10)14-5-15(8)11-7(17)2-6(3-16)19-11/h4-7,11,16-17H,2-3H2,1H3/t6-,7?,11?/m0/s1. The molecule has 0 spiro atoms. The normalized spacial score (nSPS) is 27.0. The Morgan fingerprint density at radius 3 is 3.00 bits per heavy atom. The van der Waals surface area contributed by atoms with Gasteiger partial charge in [-0.1, -0.05) is 0 Å². The van der Waals surface area contributed by atoms with Gasteiger partial charge in [0.25, 0.3) is 0 Å². The molecule has 1 saturated heterocycles. The van der Waals surface area contributed by atoms with Gasteiger partial charge in [-0.3, -0.25) is 4.57 Å². The highest BCUT2D eigenvalue weighted by Gasteiger charge is 2.36. The molecule has 2 N–H and O–H groups in total. The Hall–Kier alpha value is -1.77. The van der Waals surface area contributed by atoms with E-state index in [1.165, 1.54) is 19.8 Å². The third-order valence-electron chi connectivity index (χ3n) is 3.17. The van der Waals surface area contributed by atoms with Crippen molar-refractivity contribution in [1.29, 1.82) is 0 Å². The predicted octanol–water partition coefficient (Wildman–Crippen LogP) is -0.524. The Balaban J connectivity index is 2.06. The van der Waals surface area contributed by atoms with Gasteiger partial charge in [0.2, 0.25) is 5.88 Å². The van der Waals surface area contributed by atoms with E-state index < -0.39 is 12.3 Å². The first kappa shape index (κ1) is 12.3. The highest BCUT2D eigenvalue weighted by molar-refractivity contribution is 5.76. The summed E-state index contributed by atoms with van der Waals surface area (Å²) in [5.41, 5.74) is 1.03. The van der Waals surface area contributed by atoms with Crippen molar-refractivity contribution in [3.05, 3.63) is 12.7 Å². The number of fused-ring (bicyclic) bond motifs is 1. The summed E-state index contributed by atoms with van der Waals surface area (Å²) in [4.78, 5) is 12.2. The number of hydrogen-bond acceptors (Lipinski definition) is 7. The third-order valence-corrected chi connectivity index (χ3v) is 3.17. The molecule has 0 radical (unpaired) electrons. The molecule has 2 aromatic heterocycles. The molecule has 3 heterocycles.